The van der Waals surface area contributed by atoms with Crippen LogP contribution in [0.2, 0.25) is 0 Å². The lowest BCUT2D eigenvalue weighted by molar-refractivity contribution is -0.131. The predicted molar refractivity (Wildman–Crippen MR) is 132 cm³/mol. The molecule has 0 bridgehead atoms. The number of aliphatic imine (C=N–C) groups is 1. The largest absolute Gasteiger partial charge is 0.478 e. The van der Waals surface area contributed by atoms with Gasteiger partial charge in [0.1, 0.15) is 5.92 Å². The van der Waals surface area contributed by atoms with Crippen molar-refractivity contribution in [1.82, 2.24) is 10.2 Å². The number of hydrogen-bond acceptors (Lipinski definition) is 7. The van der Waals surface area contributed by atoms with E-state index in [-0.39, 0.29) is 15.6 Å². The molecule has 0 radical (unpaired) electrons. The minimum absolute atomic E-state index is 0.0306. The third kappa shape index (κ3) is 4.47. The van der Waals surface area contributed by atoms with E-state index in [1.807, 2.05) is 0 Å². The number of nitrogens with zero attached hydrogens (tertiary/aromatic N) is 3. The Morgan fingerprint density at radius 1 is 1.18 bits per heavy atom. The smallest absolute Gasteiger partial charge is 0.335 e. The van der Waals surface area contributed by atoms with Crippen molar-refractivity contribution >= 4 is 69.3 Å². The summed E-state index contributed by atoms with van der Waals surface area (Å²) in [5.74, 6) is -3.94. The Bertz CT molecular complexity index is 1280. The molecule has 3 amide bonds. The van der Waals surface area contributed by atoms with Crippen molar-refractivity contribution in [3.8, 4) is 0 Å². The summed E-state index contributed by atoms with van der Waals surface area (Å²) in [4.78, 5) is 57.2. The van der Waals surface area contributed by atoms with Gasteiger partial charge < -0.3 is 10.4 Å². The van der Waals surface area contributed by atoms with Crippen molar-refractivity contribution in [1.29, 1.82) is 0 Å². The van der Waals surface area contributed by atoms with Crippen LogP contribution in [0.5, 0.6) is 0 Å². The summed E-state index contributed by atoms with van der Waals surface area (Å²) in [5, 5.41) is 12.0. The molecule has 34 heavy (non-hydrogen) atoms. The maximum atomic E-state index is 13.2. The topological polar surface area (TPSA) is 119 Å². The maximum absolute atomic E-state index is 13.2. The lowest BCUT2D eigenvalue weighted by Gasteiger charge is -2.31. The number of anilines is 1. The van der Waals surface area contributed by atoms with E-state index in [9.17, 15) is 24.3 Å². The van der Waals surface area contributed by atoms with E-state index in [2.05, 4.69) is 10.3 Å². The number of amides is 3. The normalized spacial score (nSPS) is 20.9. The first kappa shape index (κ1) is 23.3. The number of rotatable bonds is 5. The summed E-state index contributed by atoms with van der Waals surface area (Å²) in [7, 11) is 0. The highest BCUT2D eigenvalue weighted by Gasteiger charge is 2.41. The molecule has 2 N–H and O–H groups in total. The van der Waals surface area contributed by atoms with E-state index in [4.69, 9.17) is 12.2 Å². The van der Waals surface area contributed by atoms with Gasteiger partial charge in [-0.2, -0.15) is 0 Å². The molecule has 1 atom stereocenters. The molecule has 172 valence electrons. The minimum atomic E-state index is -1.26. The number of benzene rings is 2. The first-order chi connectivity index (χ1) is 16.3. The van der Waals surface area contributed by atoms with Crippen LogP contribution in [0.3, 0.4) is 0 Å². The van der Waals surface area contributed by atoms with Gasteiger partial charge in [-0.15, -0.1) is 0 Å². The van der Waals surface area contributed by atoms with Crippen molar-refractivity contribution in [2.75, 3.05) is 11.4 Å². The molecule has 2 fully saturated rings. The Hall–Kier alpha value is -3.83. The van der Waals surface area contributed by atoms with Crippen molar-refractivity contribution in [2.45, 2.75) is 6.92 Å². The molecule has 2 aliphatic heterocycles. The highest BCUT2D eigenvalue weighted by Crippen LogP contribution is 2.34. The van der Waals surface area contributed by atoms with Gasteiger partial charge in [0.2, 0.25) is 11.8 Å². The molecule has 0 spiro atoms. The van der Waals surface area contributed by atoms with Crippen LogP contribution in [0.15, 0.2) is 70.6 Å². The first-order valence-electron chi connectivity index (χ1n) is 10.2. The molecule has 9 nitrogen and oxygen atoms in total. The lowest BCUT2D eigenvalue weighted by Crippen LogP contribution is -2.57. The fourth-order valence-electron chi connectivity index (χ4n) is 3.41. The average molecular weight is 495 g/mol. The molecule has 2 heterocycles. The zero-order valence-corrected chi connectivity index (χ0v) is 19.4. The van der Waals surface area contributed by atoms with Crippen molar-refractivity contribution < 1.29 is 24.3 Å². The number of thioether (sulfide) groups is 1. The predicted octanol–water partition coefficient (Wildman–Crippen LogP) is 2.92. The Morgan fingerprint density at radius 3 is 2.59 bits per heavy atom. The Balaban J connectivity index is 1.66. The molecule has 11 heteroatoms. The number of nitrogens with one attached hydrogen (secondary N) is 1. The highest BCUT2D eigenvalue weighted by atomic mass is 32.2. The van der Waals surface area contributed by atoms with Gasteiger partial charge in [-0.1, -0.05) is 24.3 Å². The third-order valence-corrected chi connectivity index (χ3v) is 6.37. The SMILES string of the molecule is CCN1C(=O)C(=CC2C(=O)NC(=S)N(c3ccccc3)C2=O)SC1=Nc1cccc(C(=O)O)c1. The van der Waals surface area contributed by atoms with Crippen molar-refractivity contribution in [3.05, 3.63) is 71.1 Å². The summed E-state index contributed by atoms with van der Waals surface area (Å²) in [6, 6.07) is 14.7. The van der Waals surface area contributed by atoms with Crippen LogP contribution in [0.25, 0.3) is 0 Å². The summed E-state index contributed by atoms with van der Waals surface area (Å²) in [6.07, 6.45) is 1.32. The van der Waals surface area contributed by atoms with E-state index in [1.165, 1.54) is 28.0 Å². The summed E-state index contributed by atoms with van der Waals surface area (Å²) in [6.45, 7) is 2.06. The number of likely N-dealkylation sites (N-methyl/N-ethyl adjacent to an activating group) is 1. The Labute approximate surface area is 204 Å². The van der Waals surface area contributed by atoms with E-state index in [0.29, 0.717) is 23.1 Å². The standard InChI is InChI=1S/C23H18N4O5S2/c1-2-26-20(30)17(34-23(26)24-14-8-6-7-13(11-14)21(31)32)12-16-18(28)25-22(33)27(19(16)29)15-9-4-3-5-10-15/h3-12,16H,2H2,1H3,(H,31,32)(H,25,28,33). The van der Waals surface area contributed by atoms with Gasteiger partial charge in [-0.25, -0.2) is 9.79 Å². The van der Waals surface area contributed by atoms with E-state index in [1.54, 1.807) is 49.4 Å². The molecule has 0 saturated carbocycles. The van der Waals surface area contributed by atoms with E-state index >= 15 is 0 Å². The number of carbonyl (C=O) groups excluding carboxylic acids is 3. The van der Waals surface area contributed by atoms with Crippen LogP contribution in [0.4, 0.5) is 11.4 Å². The highest BCUT2D eigenvalue weighted by molar-refractivity contribution is 8.18. The number of hydrogen-bond donors (Lipinski definition) is 2. The van der Waals surface area contributed by atoms with E-state index < -0.39 is 29.6 Å². The van der Waals surface area contributed by atoms with Crippen LogP contribution in [0.1, 0.15) is 17.3 Å². The maximum Gasteiger partial charge on any atom is 0.335 e. The van der Waals surface area contributed by atoms with Crippen LogP contribution in [-0.2, 0) is 14.4 Å². The van der Waals surface area contributed by atoms with Gasteiger partial charge >= 0.3 is 5.97 Å². The monoisotopic (exact) mass is 494 g/mol. The second kappa shape index (κ2) is 9.57. The Morgan fingerprint density at radius 2 is 1.91 bits per heavy atom. The second-order valence-corrected chi connectivity index (χ2v) is 8.61. The summed E-state index contributed by atoms with van der Waals surface area (Å²) in [5.41, 5.74) is 0.931. The summed E-state index contributed by atoms with van der Waals surface area (Å²) < 4.78 is 0. The lowest BCUT2D eigenvalue weighted by atomic mass is 10.0. The molecule has 2 saturated heterocycles. The number of thiocarbonyl (C=S) groups is 1. The molecule has 2 aromatic carbocycles. The van der Waals surface area contributed by atoms with Gasteiger partial charge in [0.15, 0.2) is 10.3 Å². The van der Waals surface area contributed by atoms with Crippen LogP contribution in [0, 0.1) is 5.92 Å². The van der Waals surface area contributed by atoms with E-state index in [0.717, 1.165) is 11.8 Å². The first-order valence-corrected chi connectivity index (χ1v) is 11.4. The van der Waals surface area contributed by atoms with Crippen molar-refractivity contribution in [2.24, 2.45) is 10.9 Å². The number of carbonyl (C=O) groups is 4. The quantitative estimate of drug-likeness (QED) is 0.373. The number of carboxylic acids is 1. The number of carboxylic acid groups (broad SMARTS) is 1. The minimum Gasteiger partial charge on any atom is -0.478 e. The number of para-hydroxylation sites is 1. The van der Waals surface area contributed by atoms with Gasteiger partial charge in [0.25, 0.3) is 5.91 Å². The molecule has 0 aromatic heterocycles. The van der Waals surface area contributed by atoms with Gasteiger partial charge in [-0.05, 0) is 67.3 Å². The zero-order valence-electron chi connectivity index (χ0n) is 17.8. The zero-order chi connectivity index (χ0) is 24.4. The molecule has 2 aliphatic rings. The fraction of sp³-hybridized carbons (Fsp3) is 0.130. The molecular formula is C23H18N4O5S2. The van der Waals surface area contributed by atoms with Crippen LogP contribution in [-0.4, -0.2) is 50.5 Å². The fourth-order valence-corrected chi connectivity index (χ4v) is 4.78. The molecule has 0 aliphatic carbocycles. The molecule has 2 aromatic rings. The molecule has 4 rings (SSSR count). The Kier molecular flexibility index (Phi) is 6.57. The van der Waals surface area contributed by atoms with Gasteiger partial charge in [0.05, 0.1) is 21.8 Å². The van der Waals surface area contributed by atoms with Crippen LogP contribution >= 0.6 is 24.0 Å². The van der Waals surface area contributed by atoms with Crippen LogP contribution < -0.4 is 10.2 Å². The average Bonchev–Trinajstić information content (AvgIpc) is 3.11. The summed E-state index contributed by atoms with van der Waals surface area (Å²) >= 11 is 6.20. The number of amidine groups is 1. The van der Waals surface area contributed by atoms with Gasteiger partial charge in [-0.3, -0.25) is 24.2 Å². The van der Waals surface area contributed by atoms with Gasteiger partial charge in [0, 0.05) is 6.54 Å². The molecule has 1 unspecified atom stereocenters. The number of aromatic carboxylic acids is 1. The second-order valence-electron chi connectivity index (χ2n) is 7.21. The molecular weight excluding hydrogens is 476 g/mol. The van der Waals surface area contributed by atoms with Crippen molar-refractivity contribution in [3.63, 3.8) is 0 Å². The third-order valence-electron chi connectivity index (χ3n) is 5.06.